The minimum Gasteiger partial charge on any atom is -0.391 e. The van der Waals surface area contributed by atoms with Crippen LogP contribution < -0.4 is 5.73 Å². The van der Waals surface area contributed by atoms with Crippen LogP contribution in [0.25, 0.3) is 0 Å². The minimum absolute atomic E-state index is 0.119. The van der Waals surface area contributed by atoms with Gasteiger partial charge in [-0.05, 0) is 18.3 Å². The van der Waals surface area contributed by atoms with E-state index in [1.165, 1.54) is 0 Å². The number of rotatable bonds is 2. The van der Waals surface area contributed by atoms with Crippen LogP contribution in [0.5, 0.6) is 0 Å². The number of nitrogens with zero attached hydrogens (tertiary/aromatic N) is 1. The van der Waals surface area contributed by atoms with Gasteiger partial charge >= 0.3 is 0 Å². The summed E-state index contributed by atoms with van der Waals surface area (Å²) in [5, 5.41) is 0. The number of carbonyl (C=O) groups is 1. The van der Waals surface area contributed by atoms with Crippen molar-refractivity contribution in [2.75, 3.05) is 19.7 Å². The number of morpholine rings is 1. The zero-order valence-electron chi connectivity index (χ0n) is 11.1. The average Bonchev–Trinajstić information content (AvgIpc) is 2.68. The van der Waals surface area contributed by atoms with Crippen molar-refractivity contribution in [3.05, 3.63) is 0 Å². The fourth-order valence-corrected chi connectivity index (χ4v) is 3.17. The first-order valence-electron chi connectivity index (χ1n) is 6.61. The summed E-state index contributed by atoms with van der Waals surface area (Å²) in [6.45, 7) is 6.08. The number of hydrogen-bond acceptors (Lipinski definition) is 3. The topological polar surface area (TPSA) is 55.6 Å². The first-order valence-corrected chi connectivity index (χ1v) is 7.02. The molecule has 5 heteroatoms. The maximum Gasteiger partial charge on any atom is 0.226 e. The van der Waals surface area contributed by atoms with Gasteiger partial charge < -0.3 is 15.4 Å². The van der Waals surface area contributed by atoms with E-state index in [1.54, 1.807) is 0 Å². The number of nitrogens with two attached hydrogens (primary N) is 1. The third kappa shape index (κ3) is 2.67. The molecule has 1 amide bonds. The highest BCUT2D eigenvalue weighted by molar-refractivity contribution is 7.80. The Balaban J connectivity index is 2.03. The predicted molar refractivity (Wildman–Crippen MR) is 74.2 cm³/mol. The van der Waals surface area contributed by atoms with E-state index in [0.717, 1.165) is 19.3 Å². The molecule has 0 spiro atoms. The molecular formula is C13H22N2O2S. The van der Waals surface area contributed by atoms with Crippen molar-refractivity contribution in [3.8, 4) is 0 Å². The molecule has 4 nitrogen and oxygen atoms in total. The van der Waals surface area contributed by atoms with Crippen molar-refractivity contribution in [1.82, 2.24) is 4.90 Å². The monoisotopic (exact) mass is 270 g/mol. The molecule has 0 aromatic carbocycles. The summed E-state index contributed by atoms with van der Waals surface area (Å²) in [6.07, 6.45) is 3.00. The third-order valence-electron chi connectivity index (χ3n) is 4.25. The van der Waals surface area contributed by atoms with Gasteiger partial charge in [-0.1, -0.05) is 32.5 Å². The first-order chi connectivity index (χ1) is 8.42. The van der Waals surface area contributed by atoms with Crippen LogP contribution in [0.4, 0.5) is 0 Å². The van der Waals surface area contributed by atoms with Crippen molar-refractivity contribution in [2.45, 2.75) is 39.2 Å². The number of hydrogen-bond donors (Lipinski definition) is 1. The van der Waals surface area contributed by atoms with Gasteiger partial charge in [-0.2, -0.15) is 0 Å². The van der Waals surface area contributed by atoms with Crippen LogP contribution in [0.15, 0.2) is 0 Å². The van der Waals surface area contributed by atoms with Crippen LogP contribution in [-0.4, -0.2) is 41.6 Å². The maximum absolute atomic E-state index is 12.6. The molecule has 1 aliphatic carbocycles. The Hall–Kier alpha value is -0.680. The molecule has 2 unspecified atom stereocenters. The second-order valence-electron chi connectivity index (χ2n) is 5.98. The quantitative estimate of drug-likeness (QED) is 0.769. The highest BCUT2D eigenvalue weighted by Crippen LogP contribution is 2.43. The first kappa shape index (κ1) is 13.7. The molecule has 102 valence electrons. The standard InChI is InChI=1S/C13H22N2O2S/c1-13(2)5-3-4-9(13)12(16)15-6-7-17-10(8-15)11(14)18/h9-10H,3-8H2,1-2H3,(H2,14,18). The van der Waals surface area contributed by atoms with Crippen LogP contribution in [0.1, 0.15) is 33.1 Å². The van der Waals surface area contributed by atoms with E-state index in [0.29, 0.717) is 24.7 Å². The Kier molecular flexibility index (Phi) is 3.92. The zero-order chi connectivity index (χ0) is 13.3. The van der Waals surface area contributed by atoms with Crippen LogP contribution in [0, 0.1) is 11.3 Å². The fraction of sp³-hybridized carbons (Fsp3) is 0.846. The lowest BCUT2D eigenvalue weighted by molar-refractivity contribution is -0.143. The Morgan fingerprint density at radius 1 is 1.50 bits per heavy atom. The van der Waals surface area contributed by atoms with E-state index >= 15 is 0 Å². The second-order valence-corrected chi connectivity index (χ2v) is 6.45. The number of thiocarbonyl (C=S) groups is 1. The molecule has 1 saturated heterocycles. The van der Waals surface area contributed by atoms with Crippen molar-refractivity contribution < 1.29 is 9.53 Å². The normalized spacial score (nSPS) is 31.3. The van der Waals surface area contributed by atoms with Gasteiger partial charge in [0.2, 0.25) is 5.91 Å². The predicted octanol–water partition coefficient (Wildman–Crippen LogP) is 1.33. The highest BCUT2D eigenvalue weighted by atomic mass is 32.1. The number of ether oxygens (including phenoxy) is 1. The van der Waals surface area contributed by atoms with E-state index in [4.69, 9.17) is 22.7 Å². The van der Waals surface area contributed by atoms with Crippen molar-refractivity contribution in [3.63, 3.8) is 0 Å². The molecule has 2 rings (SSSR count). The summed E-state index contributed by atoms with van der Waals surface area (Å²) in [5.74, 6) is 0.393. The molecule has 18 heavy (non-hydrogen) atoms. The van der Waals surface area contributed by atoms with E-state index < -0.39 is 0 Å². The Morgan fingerprint density at radius 2 is 2.22 bits per heavy atom. The summed E-state index contributed by atoms with van der Waals surface area (Å²) in [6, 6.07) is 0. The molecule has 0 bridgehead atoms. The van der Waals surface area contributed by atoms with E-state index in [9.17, 15) is 4.79 Å². The fourth-order valence-electron chi connectivity index (χ4n) is 3.03. The number of amides is 1. The van der Waals surface area contributed by atoms with Crippen LogP contribution in [0.3, 0.4) is 0 Å². The Bertz CT molecular complexity index is 357. The molecule has 0 radical (unpaired) electrons. The lowest BCUT2D eigenvalue weighted by atomic mass is 9.81. The van der Waals surface area contributed by atoms with Gasteiger partial charge in [0.1, 0.15) is 11.1 Å². The summed E-state index contributed by atoms with van der Waals surface area (Å²) in [5.41, 5.74) is 5.72. The Labute approximate surface area is 114 Å². The van der Waals surface area contributed by atoms with E-state index in [-0.39, 0.29) is 23.3 Å². The smallest absolute Gasteiger partial charge is 0.226 e. The molecule has 2 fully saturated rings. The van der Waals surface area contributed by atoms with Crippen LogP contribution in [-0.2, 0) is 9.53 Å². The van der Waals surface area contributed by atoms with Gasteiger partial charge in [-0.25, -0.2) is 0 Å². The van der Waals surface area contributed by atoms with Crippen LogP contribution in [0.2, 0.25) is 0 Å². The second kappa shape index (κ2) is 5.13. The zero-order valence-corrected chi connectivity index (χ0v) is 12.0. The summed E-state index contributed by atoms with van der Waals surface area (Å²) >= 11 is 4.95. The third-order valence-corrected chi connectivity index (χ3v) is 4.51. The van der Waals surface area contributed by atoms with Crippen LogP contribution >= 0.6 is 12.2 Å². The van der Waals surface area contributed by atoms with Gasteiger partial charge in [-0.3, -0.25) is 4.79 Å². The summed E-state index contributed by atoms with van der Waals surface area (Å²) < 4.78 is 5.47. The number of carbonyl (C=O) groups excluding carboxylic acids is 1. The van der Waals surface area contributed by atoms with E-state index in [1.807, 2.05) is 4.90 Å². The molecule has 1 aliphatic heterocycles. The van der Waals surface area contributed by atoms with Gasteiger partial charge in [0, 0.05) is 12.5 Å². The molecular weight excluding hydrogens is 248 g/mol. The largest absolute Gasteiger partial charge is 0.391 e. The molecule has 0 aromatic heterocycles. The Morgan fingerprint density at radius 3 is 2.78 bits per heavy atom. The van der Waals surface area contributed by atoms with Gasteiger partial charge in [0.15, 0.2) is 0 Å². The van der Waals surface area contributed by atoms with Gasteiger partial charge in [0.05, 0.1) is 13.2 Å². The molecule has 1 saturated carbocycles. The van der Waals surface area contributed by atoms with Crippen molar-refractivity contribution in [1.29, 1.82) is 0 Å². The highest BCUT2D eigenvalue weighted by Gasteiger charge is 2.42. The summed E-state index contributed by atoms with van der Waals surface area (Å²) in [7, 11) is 0. The van der Waals surface area contributed by atoms with Gasteiger partial charge in [-0.15, -0.1) is 0 Å². The lowest BCUT2D eigenvalue weighted by Crippen LogP contribution is -2.52. The molecule has 2 N–H and O–H groups in total. The minimum atomic E-state index is -0.276. The molecule has 1 heterocycles. The van der Waals surface area contributed by atoms with Crippen molar-refractivity contribution >= 4 is 23.1 Å². The SMILES string of the molecule is CC1(C)CCCC1C(=O)N1CCOC(C(N)=S)C1. The maximum atomic E-state index is 12.6. The summed E-state index contributed by atoms with van der Waals surface area (Å²) in [4.78, 5) is 14.8. The van der Waals surface area contributed by atoms with Gasteiger partial charge in [0.25, 0.3) is 0 Å². The molecule has 0 aromatic rings. The van der Waals surface area contributed by atoms with E-state index in [2.05, 4.69) is 13.8 Å². The molecule has 2 aliphatic rings. The van der Waals surface area contributed by atoms with Crippen molar-refractivity contribution in [2.24, 2.45) is 17.1 Å². The lowest BCUT2D eigenvalue weighted by Gasteiger charge is -2.36. The average molecular weight is 270 g/mol. The molecule has 2 atom stereocenters.